The van der Waals surface area contributed by atoms with Gasteiger partial charge in [-0.15, -0.1) is 5.10 Å². The van der Waals surface area contributed by atoms with Crippen molar-refractivity contribution in [1.29, 1.82) is 5.26 Å². The van der Waals surface area contributed by atoms with E-state index in [0.29, 0.717) is 23.0 Å². The molecule has 0 saturated carbocycles. The van der Waals surface area contributed by atoms with Crippen LogP contribution in [0.5, 0.6) is 17.4 Å². The highest BCUT2D eigenvalue weighted by molar-refractivity contribution is 5.57. The number of nitrogens with zero attached hydrogens (tertiary/aromatic N) is 2. The molecule has 0 unspecified atom stereocenters. The van der Waals surface area contributed by atoms with Gasteiger partial charge in [-0.25, -0.2) is 4.39 Å². The van der Waals surface area contributed by atoms with Gasteiger partial charge in [0.25, 0.3) is 0 Å². The lowest BCUT2D eigenvalue weighted by Gasteiger charge is -2.24. The third-order valence-corrected chi connectivity index (χ3v) is 4.96. The summed E-state index contributed by atoms with van der Waals surface area (Å²) in [5.74, 6) is 0.655. The molecular weight excluding hydrogens is 387 g/mol. The number of hydrogen-bond donors (Lipinski definition) is 2. The van der Waals surface area contributed by atoms with E-state index >= 15 is 0 Å². The summed E-state index contributed by atoms with van der Waals surface area (Å²) in [5, 5.41) is 16.7. The van der Waals surface area contributed by atoms with Gasteiger partial charge in [-0.2, -0.15) is 5.26 Å². The van der Waals surface area contributed by atoms with Crippen LogP contribution in [0.1, 0.15) is 28.3 Å². The number of halogens is 1. The van der Waals surface area contributed by atoms with Crippen molar-refractivity contribution in [2.24, 2.45) is 5.73 Å². The number of allylic oxidation sites excluding steroid dienone is 1. The molecule has 4 rings (SSSR count). The fourth-order valence-corrected chi connectivity index (χ4v) is 3.46. The summed E-state index contributed by atoms with van der Waals surface area (Å²) < 4.78 is 29.9. The van der Waals surface area contributed by atoms with Gasteiger partial charge in [0, 0.05) is 11.3 Å². The monoisotopic (exact) mass is 406 g/mol. The van der Waals surface area contributed by atoms with Crippen LogP contribution in [0.2, 0.25) is 0 Å². The molecule has 152 valence electrons. The van der Waals surface area contributed by atoms with Gasteiger partial charge < -0.3 is 19.9 Å². The fraction of sp³-hybridized carbons (Fsp3) is 0.182. The minimum atomic E-state index is -0.447. The number of nitrogens with one attached hydrogen (secondary N) is 1. The molecule has 3 aromatic rings. The molecule has 1 atom stereocenters. The van der Waals surface area contributed by atoms with Crippen LogP contribution in [0.4, 0.5) is 4.39 Å². The van der Waals surface area contributed by atoms with Crippen LogP contribution in [0, 0.1) is 24.1 Å². The topological polar surface area (TPSA) is 106 Å². The first-order valence-corrected chi connectivity index (χ1v) is 9.19. The molecule has 2 aromatic carbocycles. The molecule has 1 aliphatic heterocycles. The lowest BCUT2D eigenvalue weighted by molar-refractivity contribution is 0.284. The number of rotatable bonds is 5. The van der Waals surface area contributed by atoms with Crippen LogP contribution < -0.4 is 19.9 Å². The summed E-state index contributed by atoms with van der Waals surface area (Å²) in [6, 6.07) is 13.7. The number of hydrogen-bond acceptors (Lipinski definition) is 6. The Hall–Kier alpha value is -3.99. The number of aromatic nitrogens is 2. The molecule has 2 heterocycles. The van der Waals surface area contributed by atoms with Crippen molar-refractivity contribution in [2.75, 3.05) is 7.11 Å². The van der Waals surface area contributed by atoms with E-state index in [0.717, 1.165) is 22.4 Å². The average Bonchev–Trinajstić information content (AvgIpc) is 3.12. The van der Waals surface area contributed by atoms with Crippen molar-refractivity contribution in [3.63, 3.8) is 0 Å². The Bertz CT molecular complexity index is 1160. The van der Waals surface area contributed by atoms with Gasteiger partial charge in [0.05, 0.1) is 13.0 Å². The summed E-state index contributed by atoms with van der Waals surface area (Å²) in [5.41, 5.74) is 9.41. The van der Waals surface area contributed by atoms with Crippen molar-refractivity contribution in [3.8, 4) is 23.4 Å². The van der Waals surface area contributed by atoms with Gasteiger partial charge in [0.2, 0.25) is 11.8 Å². The lowest BCUT2D eigenvalue weighted by Crippen LogP contribution is -2.21. The van der Waals surface area contributed by atoms with Gasteiger partial charge in [-0.05, 0) is 42.3 Å². The van der Waals surface area contributed by atoms with E-state index in [1.807, 2.05) is 13.0 Å². The number of benzene rings is 2. The van der Waals surface area contributed by atoms with Gasteiger partial charge >= 0.3 is 0 Å². The second kappa shape index (κ2) is 7.79. The normalized spacial score (nSPS) is 15.2. The Morgan fingerprint density at radius 3 is 2.70 bits per heavy atom. The van der Waals surface area contributed by atoms with Crippen LogP contribution in [0.3, 0.4) is 0 Å². The van der Waals surface area contributed by atoms with Gasteiger partial charge in [0.1, 0.15) is 24.1 Å². The van der Waals surface area contributed by atoms with Crippen molar-refractivity contribution < 1.29 is 18.6 Å². The Labute approximate surface area is 172 Å². The SMILES string of the molecule is COc1cc([C@@H]2C(C#N)=C(N)Oc3n[nH]c(C)c32)ccc1OCc1ccc(F)cc1. The first kappa shape index (κ1) is 19.3. The van der Waals surface area contributed by atoms with E-state index in [2.05, 4.69) is 16.3 Å². The Morgan fingerprint density at radius 2 is 2.00 bits per heavy atom. The van der Waals surface area contributed by atoms with Crippen molar-refractivity contribution in [2.45, 2.75) is 19.4 Å². The zero-order valence-electron chi connectivity index (χ0n) is 16.4. The third kappa shape index (κ3) is 3.42. The van der Waals surface area contributed by atoms with Crippen molar-refractivity contribution in [3.05, 3.63) is 82.1 Å². The lowest BCUT2D eigenvalue weighted by atomic mass is 9.84. The van der Waals surface area contributed by atoms with Crippen molar-refractivity contribution >= 4 is 0 Å². The predicted molar refractivity (Wildman–Crippen MR) is 106 cm³/mol. The summed E-state index contributed by atoms with van der Waals surface area (Å²) in [7, 11) is 1.54. The van der Waals surface area contributed by atoms with Crippen LogP contribution in [-0.2, 0) is 6.61 Å². The molecule has 0 aliphatic carbocycles. The smallest absolute Gasteiger partial charge is 0.244 e. The van der Waals surface area contributed by atoms with Crippen LogP contribution in [-0.4, -0.2) is 17.3 Å². The molecule has 8 heteroatoms. The second-order valence-electron chi connectivity index (χ2n) is 6.82. The maximum atomic E-state index is 13.1. The molecule has 1 aromatic heterocycles. The Morgan fingerprint density at radius 1 is 1.23 bits per heavy atom. The van der Waals surface area contributed by atoms with E-state index in [-0.39, 0.29) is 18.3 Å². The predicted octanol–water partition coefficient (Wildman–Crippen LogP) is 3.66. The number of nitriles is 1. The molecule has 30 heavy (non-hydrogen) atoms. The number of fused-ring (bicyclic) bond motifs is 1. The quantitative estimate of drug-likeness (QED) is 0.670. The van der Waals surface area contributed by atoms with Crippen LogP contribution in [0.25, 0.3) is 0 Å². The zero-order chi connectivity index (χ0) is 21.3. The van der Waals surface area contributed by atoms with E-state index in [1.54, 1.807) is 24.3 Å². The molecule has 0 spiro atoms. The molecule has 7 nitrogen and oxygen atoms in total. The van der Waals surface area contributed by atoms with Crippen molar-refractivity contribution in [1.82, 2.24) is 10.2 Å². The summed E-state index contributed by atoms with van der Waals surface area (Å²) in [6.07, 6.45) is 0. The third-order valence-electron chi connectivity index (χ3n) is 4.96. The van der Waals surface area contributed by atoms with Gasteiger partial charge in [0.15, 0.2) is 11.5 Å². The summed E-state index contributed by atoms with van der Waals surface area (Å²) in [4.78, 5) is 0. The van der Waals surface area contributed by atoms with Gasteiger partial charge in [-0.3, -0.25) is 5.10 Å². The number of H-pyrrole nitrogens is 1. The van der Waals surface area contributed by atoms with Gasteiger partial charge in [-0.1, -0.05) is 18.2 Å². The highest BCUT2D eigenvalue weighted by atomic mass is 19.1. The minimum absolute atomic E-state index is 0.0251. The Kier molecular flexibility index (Phi) is 5.02. The summed E-state index contributed by atoms with van der Waals surface area (Å²) >= 11 is 0. The number of aryl methyl sites for hydroxylation is 1. The molecule has 0 saturated heterocycles. The first-order chi connectivity index (χ1) is 14.5. The molecule has 0 radical (unpaired) electrons. The average molecular weight is 406 g/mol. The standard InChI is InChI=1S/C22H19FN4O3/c1-12-19-20(16(10-24)21(25)30-22(19)27-26-12)14-5-8-17(18(9-14)28-2)29-11-13-3-6-15(23)7-4-13/h3-9,20H,11,25H2,1-2H3,(H,26,27)/t20-/m1/s1. The molecule has 3 N–H and O–H groups in total. The number of nitrogens with two attached hydrogens (primary N) is 1. The highest BCUT2D eigenvalue weighted by Gasteiger charge is 2.34. The molecule has 0 fully saturated rings. The number of aromatic amines is 1. The molecule has 0 bridgehead atoms. The largest absolute Gasteiger partial charge is 0.493 e. The first-order valence-electron chi connectivity index (χ1n) is 9.19. The maximum Gasteiger partial charge on any atom is 0.244 e. The number of ether oxygens (including phenoxy) is 3. The van der Waals surface area contributed by atoms with E-state index < -0.39 is 5.92 Å². The van der Waals surface area contributed by atoms with Crippen LogP contribution in [0.15, 0.2) is 53.9 Å². The van der Waals surface area contributed by atoms with E-state index in [1.165, 1.54) is 19.2 Å². The fourth-order valence-electron chi connectivity index (χ4n) is 3.46. The summed E-state index contributed by atoms with van der Waals surface area (Å²) in [6.45, 7) is 2.12. The van der Waals surface area contributed by atoms with E-state index in [4.69, 9.17) is 19.9 Å². The Balaban J connectivity index is 1.68. The molecule has 0 amide bonds. The zero-order valence-corrected chi connectivity index (χ0v) is 16.4. The molecular formula is C22H19FN4O3. The highest BCUT2D eigenvalue weighted by Crippen LogP contribution is 2.44. The number of methoxy groups -OCH3 is 1. The van der Waals surface area contributed by atoms with Crippen LogP contribution >= 0.6 is 0 Å². The molecule has 1 aliphatic rings. The second-order valence-corrected chi connectivity index (χ2v) is 6.82. The maximum absolute atomic E-state index is 13.1. The van der Waals surface area contributed by atoms with E-state index in [9.17, 15) is 9.65 Å². The minimum Gasteiger partial charge on any atom is -0.493 e.